The van der Waals surface area contributed by atoms with E-state index in [1.54, 1.807) is 0 Å². The molecular weight excluding hydrogens is 354 g/mol. The monoisotopic (exact) mass is 377 g/mol. The lowest BCUT2D eigenvalue weighted by molar-refractivity contribution is 0.0945. The quantitative estimate of drug-likeness (QED) is 0.734. The fraction of sp³-hybridized carbons (Fsp3) is 0.350. The molecule has 0 spiro atoms. The van der Waals surface area contributed by atoms with Gasteiger partial charge in [-0.15, -0.1) is 5.10 Å². The molecule has 8 nitrogen and oxygen atoms in total. The number of para-hydroxylation sites is 1. The minimum atomic E-state index is -0.280. The van der Waals surface area contributed by atoms with Crippen LogP contribution in [0.25, 0.3) is 5.69 Å². The zero-order valence-electron chi connectivity index (χ0n) is 15.9. The summed E-state index contributed by atoms with van der Waals surface area (Å²) in [5.74, 6) is 0.469. The SMILES string of the molecule is Cc1cc(CNC(=O)c2cnn(-c3ccccc3)n2)nc(N2CCCCC2)n1. The molecule has 1 aliphatic heterocycles. The first kappa shape index (κ1) is 18.1. The van der Waals surface area contributed by atoms with Gasteiger partial charge in [0, 0.05) is 18.8 Å². The molecule has 3 heterocycles. The fourth-order valence-electron chi connectivity index (χ4n) is 3.26. The van der Waals surface area contributed by atoms with E-state index >= 15 is 0 Å². The van der Waals surface area contributed by atoms with Crippen molar-refractivity contribution in [3.63, 3.8) is 0 Å². The largest absolute Gasteiger partial charge is 0.345 e. The maximum atomic E-state index is 12.5. The molecule has 144 valence electrons. The van der Waals surface area contributed by atoms with Crippen molar-refractivity contribution >= 4 is 11.9 Å². The van der Waals surface area contributed by atoms with Crippen LogP contribution >= 0.6 is 0 Å². The highest BCUT2D eigenvalue weighted by Crippen LogP contribution is 2.16. The summed E-state index contributed by atoms with van der Waals surface area (Å²) in [6.07, 6.45) is 5.06. The van der Waals surface area contributed by atoms with E-state index in [2.05, 4.69) is 30.4 Å². The van der Waals surface area contributed by atoms with Gasteiger partial charge in [0.25, 0.3) is 5.91 Å². The van der Waals surface area contributed by atoms with Gasteiger partial charge in [0.15, 0.2) is 5.69 Å². The van der Waals surface area contributed by atoms with Crippen LogP contribution in [0.2, 0.25) is 0 Å². The number of amides is 1. The van der Waals surface area contributed by atoms with Crippen LogP contribution in [0.4, 0.5) is 5.95 Å². The number of rotatable bonds is 5. The number of nitrogens with zero attached hydrogens (tertiary/aromatic N) is 6. The number of benzene rings is 1. The van der Waals surface area contributed by atoms with Crippen molar-refractivity contribution in [2.75, 3.05) is 18.0 Å². The second kappa shape index (κ2) is 8.16. The van der Waals surface area contributed by atoms with Crippen LogP contribution in [0.3, 0.4) is 0 Å². The van der Waals surface area contributed by atoms with Crippen molar-refractivity contribution in [3.8, 4) is 5.69 Å². The first-order valence-corrected chi connectivity index (χ1v) is 9.54. The zero-order chi connectivity index (χ0) is 19.3. The average molecular weight is 377 g/mol. The number of carbonyl (C=O) groups excluding carboxylic acids is 1. The molecule has 1 N–H and O–H groups in total. The summed E-state index contributed by atoms with van der Waals surface area (Å²) >= 11 is 0. The summed E-state index contributed by atoms with van der Waals surface area (Å²) in [5.41, 5.74) is 2.76. The van der Waals surface area contributed by atoms with Gasteiger partial charge in [-0.3, -0.25) is 4.79 Å². The normalized spacial score (nSPS) is 14.1. The molecule has 0 unspecified atom stereocenters. The molecule has 1 fully saturated rings. The smallest absolute Gasteiger partial charge is 0.273 e. The van der Waals surface area contributed by atoms with Gasteiger partial charge < -0.3 is 10.2 Å². The van der Waals surface area contributed by atoms with E-state index in [9.17, 15) is 4.79 Å². The lowest BCUT2D eigenvalue weighted by Crippen LogP contribution is -2.32. The van der Waals surface area contributed by atoms with Gasteiger partial charge in [-0.05, 0) is 44.4 Å². The van der Waals surface area contributed by atoms with Gasteiger partial charge in [-0.25, -0.2) is 9.97 Å². The van der Waals surface area contributed by atoms with Crippen LogP contribution in [-0.2, 0) is 6.54 Å². The van der Waals surface area contributed by atoms with Crippen LogP contribution in [-0.4, -0.2) is 44.0 Å². The number of aromatic nitrogens is 5. The Hall–Kier alpha value is -3.29. The third kappa shape index (κ3) is 4.16. The van der Waals surface area contributed by atoms with Crippen LogP contribution in [0.5, 0.6) is 0 Å². The summed E-state index contributed by atoms with van der Waals surface area (Å²) in [4.78, 5) is 25.3. The number of anilines is 1. The van der Waals surface area contributed by atoms with Gasteiger partial charge >= 0.3 is 0 Å². The van der Waals surface area contributed by atoms with Crippen LogP contribution in [0.1, 0.15) is 41.1 Å². The van der Waals surface area contributed by atoms with Crippen molar-refractivity contribution in [1.82, 2.24) is 30.3 Å². The summed E-state index contributed by atoms with van der Waals surface area (Å²) in [5, 5.41) is 11.3. The predicted octanol–water partition coefficient (Wildman–Crippen LogP) is 2.29. The Bertz CT molecular complexity index is 948. The number of piperidine rings is 1. The third-order valence-corrected chi connectivity index (χ3v) is 4.68. The predicted molar refractivity (Wildman–Crippen MR) is 105 cm³/mol. The molecule has 1 amide bonds. The fourth-order valence-corrected chi connectivity index (χ4v) is 3.26. The van der Waals surface area contributed by atoms with Gasteiger partial charge in [0.1, 0.15) is 0 Å². The van der Waals surface area contributed by atoms with E-state index in [4.69, 9.17) is 0 Å². The minimum Gasteiger partial charge on any atom is -0.345 e. The molecule has 0 aliphatic carbocycles. The van der Waals surface area contributed by atoms with E-state index < -0.39 is 0 Å². The molecule has 8 heteroatoms. The Kier molecular flexibility index (Phi) is 5.27. The van der Waals surface area contributed by atoms with Crippen molar-refractivity contribution in [3.05, 3.63) is 59.7 Å². The maximum Gasteiger partial charge on any atom is 0.273 e. The van der Waals surface area contributed by atoms with Gasteiger partial charge in [-0.1, -0.05) is 18.2 Å². The number of nitrogens with one attached hydrogen (secondary N) is 1. The van der Waals surface area contributed by atoms with Gasteiger partial charge in [-0.2, -0.15) is 9.90 Å². The van der Waals surface area contributed by atoms with E-state index in [0.717, 1.165) is 36.1 Å². The first-order chi connectivity index (χ1) is 13.7. The number of hydrogen-bond donors (Lipinski definition) is 1. The Labute approximate surface area is 163 Å². The maximum absolute atomic E-state index is 12.5. The molecule has 0 saturated carbocycles. The molecule has 4 rings (SSSR count). The Morgan fingerprint density at radius 2 is 1.89 bits per heavy atom. The average Bonchev–Trinajstić information content (AvgIpc) is 3.23. The lowest BCUT2D eigenvalue weighted by atomic mass is 10.1. The number of aryl methyl sites for hydroxylation is 1. The number of hydrogen-bond acceptors (Lipinski definition) is 6. The number of carbonyl (C=O) groups is 1. The molecule has 0 bridgehead atoms. The third-order valence-electron chi connectivity index (χ3n) is 4.68. The summed E-state index contributed by atoms with van der Waals surface area (Å²) in [6.45, 7) is 4.24. The van der Waals surface area contributed by atoms with Crippen LogP contribution in [0.15, 0.2) is 42.6 Å². The first-order valence-electron chi connectivity index (χ1n) is 9.54. The minimum absolute atomic E-state index is 0.269. The van der Waals surface area contributed by atoms with Gasteiger partial charge in [0.2, 0.25) is 5.95 Å². The van der Waals surface area contributed by atoms with Crippen LogP contribution in [0, 0.1) is 6.92 Å². The molecule has 3 aromatic rings. The molecule has 0 radical (unpaired) electrons. The summed E-state index contributed by atoms with van der Waals surface area (Å²) in [6, 6.07) is 11.4. The summed E-state index contributed by atoms with van der Waals surface area (Å²) < 4.78 is 0. The highest BCUT2D eigenvalue weighted by molar-refractivity contribution is 5.91. The lowest BCUT2D eigenvalue weighted by Gasteiger charge is -2.27. The van der Waals surface area contributed by atoms with Crippen molar-refractivity contribution in [1.29, 1.82) is 0 Å². The molecule has 1 aromatic carbocycles. The molecule has 1 saturated heterocycles. The summed E-state index contributed by atoms with van der Waals surface area (Å²) in [7, 11) is 0. The molecule has 28 heavy (non-hydrogen) atoms. The molecule has 0 atom stereocenters. The van der Waals surface area contributed by atoms with Crippen LogP contribution < -0.4 is 10.2 Å². The molecule has 1 aliphatic rings. The topological polar surface area (TPSA) is 88.8 Å². The van der Waals surface area contributed by atoms with E-state index in [1.807, 2.05) is 43.3 Å². The van der Waals surface area contributed by atoms with E-state index in [1.165, 1.54) is 30.3 Å². The second-order valence-electron chi connectivity index (χ2n) is 6.89. The van der Waals surface area contributed by atoms with Crippen molar-refractivity contribution < 1.29 is 4.79 Å². The second-order valence-corrected chi connectivity index (χ2v) is 6.89. The standard InChI is InChI=1S/C20H23N7O/c1-15-12-16(24-20(23-15)26-10-6-3-7-11-26)13-21-19(28)18-14-22-27(25-18)17-8-4-2-5-9-17/h2,4-5,8-9,12,14H,3,6-7,10-11,13H2,1H3,(H,21,28). The molecular formula is C20H23N7O. The molecule has 2 aromatic heterocycles. The highest BCUT2D eigenvalue weighted by atomic mass is 16.2. The highest BCUT2D eigenvalue weighted by Gasteiger charge is 2.16. The Balaban J connectivity index is 1.42. The Morgan fingerprint density at radius 3 is 2.68 bits per heavy atom. The van der Waals surface area contributed by atoms with Gasteiger partial charge in [0.05, 0.1) is 24.1 Å². The van der Waals surface area contributed by atoms with E-state index in [0.29, 0.717) is 6.54 Å². The zero-order valence-corrected chi connectivity index (χ0v) is 15.9. The van der Waals surface area contributed by atoms with E-state index in [-0.39, 0.29) is 11.6 Å². The Morgan fingerprint density at radius 1 is 1.11 bits per heavy atom. The van der Waals surface area contributed by atoms with Crippen molar-refractivity contribution in [2.45, 2.75) is 32.7 Å². The van der Waals surface area contributed by atoms with Crippen molar-refractivity contribution in [2.24, 2.45) is 0 Å².